The highest BCUT2D eigenvalue weighted by molar-refractivity contribution is 4.45. The predicted octanol–water partition coefficient (Wildman–Crippen LogP) is 4.94. The van der Waals surface area contributed by atoms with Gasteiger partial charge < -0.3 is 4.74 Å². The third kappa shape index (κ3) is 14.0. The highest BCUT2D eigenvalue weighted by Gasteiger charge is 1.95. The Morgan fingerprint density at radius 1 is 0.667 bits per heavy atom. The monoisotopic (exact) mass is 214 g/mol. The van der Waals surface area contributed by atoms with Crippen LogP contribution in [0, 0.1) is 0 Å². The maximum atomic E-state index is 5.07. The number of rotatable bonds is 6. The summed E-state index contributed by atoms with van der Waals surface area (Å²) in [6, 6.07) is 0. The quantitative estimate of drug-likeness (QED) is 0.569. The molecule has 0 N–H and O–H groups in total. The molecule has 0 aromatic rings. The Bertz CT molecular complexity index is 80.0. The van der Waals surface area contributed by atoms with Gasteiger partial charge in [-0.1, -0.05) is 58.8 Å². The van der Waals surface area contributed by atoms with E-state index in [0.29, 0.717) is 0 Å². The Morgan fingerprint density at radius 3 is 1.40 bits per heavy atom. The van der Waals surface area contributed by atoms with E-state index >= 15 is 0 Å². The molecule has 1 nitrogen and oxygen atoms in total. The Labute approximate surface area is 96.6 Å². The van der Waals surface area contributed by atoms with E-state index in [1.807, 2.05) is 0 Å². The van der Waals surface area contributed by atoms with Gasteiger partial charge in [-0.05, 0) is 19.3 Å². The van der Waals surface area contributed by atoms with E-state index in [4.69, 9.17) is 4.74 Å². The van der Waals surface area contributed by atoms with Crippen molar-refractivity contribution in [2.45, 2.75) is 78.1 Å². The molecule has 1 fully saturated rings. The molecular formula is C14H30O. The zero-order valence-corrected chi connectivity index (χ0v) is 10.9. The van der Waals surface area contributed by atoms with Gasteiger partial charge >= 0.3 is 0 Å². The number of ether oxygens (including phenoxy) is 1. The second-order valence-corrected chi connectivity index (χ2v) is 4.44. The summed E-state index contributed by atoms with van der Waals surface area (Å²) in [4.78, 5) is 0. The van der Waals surface area contributed by atoms with Crippen LogP contribution in [0.3, 0.4) is 0 Å². The first kappa shape index (κ1) is 15.0. The van der Waals surface area contributed by atoms with Gasteiger partial charge in [0.2, 0.25) is 0 Å². The van der Waals surface area contributed by atoms with Crippen molar-refractivity contribution in [2.24, 2.45) is 0 Å². The van der Waals surface area contributed by atoms with Crippen molar-refractivity contribution in [3.8, 4) is 0 Å². The van der Waals surface area contributed by atoms with Gasteiger partial charge in [0.1, 0.15) is 0 Å². The summed E-state index contributed by atoms with van der Waals surface area (Å²) >= 11 is 0. The van der Waals surface area contributed by atoms with E-state index in [9.17, 15) is 0 Å². The first-order valence-electron chi connectivity index (χ1n) is 6.99. The van der Waals surface area contributed by atoms with Crippen LogP contribution >= 0.6 is 0 Å². The summed E-state index contributed by atoms with van der Waals surface area (Å²) in [5.74, 6) is 0. The molecule has 0 bridgehead atoms. The number of hydrogen-bond donors (Lipinski definition) is 0. The lowest BCUT2D eigenvalue weighted by Crippen LogP contribution is -2.03. The zero-order chi connectivity index (χ0) is 11.2. The molecular weight excluding hydrogens is 184 g/mol. The fourth-order valence-corrected chi connectivity index (χ4v) is 1.72. The van der Waals surface area contributed by atoms with Crippen LogP contribution in [0.4, 0.5) is 0 Å². The highest BCUT2D eigenvalue weighted by atomic mass is 16.5. The van der Waals surface area contributed by atoms with Gasteiger partial charge in [-0.15, -0.1) is 0 Å². The lowest BCUT2D eigenvalue weighted by Gasteiger charge is -2.08. The maximum Gasteiger partial charge on any atom is 0.0466 e. The van der Waals surface area contributed by atoms with Crippen LogP contribution in [0.5, 0.6) is 0 Å². The average Bonchev–Trinajstić information content (AvgIpc) is 2.32. The molecule has 0 radical (unpaired) electrons. The van der Waals surface area contributed by atoms with Gasteiger partial charge in [0.15, 0.2) is 0 Å². The van der Waals surface area contributed by atoms with Gasteiger partial charge in [0, 0.05) is 13.2 Å². The molecule has 1 heterocycles. The van der Waals surface area contributed by atoms with Crippen LogP contribution in [0.25, 0.3) is 0 Å². The molecule has 0 aromatic carbocycles. The molecule has 0 aromatic heterocycles. The molecule has 0 aliphatic carbocycles. The summed E-state index contributed by atoms with van der Waals surface area (Å²) in [5, 5.41) is 0. The maximum absolute atomic E-state index is 5.07. The Kier molecular flexibility index (Phi) is 13.9. The van der Waals surface area contributed by atoms with Crippen molar-refractivity contribution >= 4 is 0 Å². The topological polar surface area (TPSA) is 9.23 Å². The molecule has 15 heavy (non-hydrogen) atoms. The van der Waals surface area contributed by atoms with E-state index in [0.717, 1.165) is 13.2 Å². The second-order valence-electron chi connectivity index (χ2n) is 4.44. The van der Waals surface area contributed by atoms with Gasteiger partial charge in [0.25, 0.3) is 0 Å². The van der Waals surface area contributed by atoms with E-state index in [2.05, 4.69) is 13.8 Å². The minimum Gasteiger partial charge on any atom is -0.381 e. The lowest BCUT2D eigenvalue weighted by molar-refractivity contribution is 0.0968. The largest absolute Gasteiger partial charge is 0.381 e. The Hall–Kier alpha value is -0.0400. The molecule has 1 aliphatic rings. The molecule has 0 amide bonds. The smallest absolute Gasteiger partial charge is 0.0466 e. The van der Waals surface area contributed by atoms with E-state index < -0.39 is 0 Å². The standard InChI is InChI=1S/C9H20.C5H10O/c1-3-5-7-9-8-6-4-2;1-2-4-6-5-3-1/h3-9H2,1-2H3;1-5H2. The van der Waals surface area contributed by atoms with Crippen LogP contribution < -0.4 is 0 Å². The number of hydrogen-bond acceptors (Lipinski definition) is 1. The molecule has 1 rings (SSSR count). The van der Waals surface area contributed by atoms with E-state index in [1.165, 1.54) is 64.2 Å². The third-order valence-electron chi connectivity index (χ3n) is 2.78. The third-order valence-corrected chi connectivity index (χ3v) is 2.78. The van der Waals surface area contributed by atoms with Crippen LogP contribution in [-0.2, 0) is 4.74 Å². The molecule has 1 heteroatoms. The second kappa shape index (κ2) is 14.0. The van der Waals surface area contributed by atoms with Gasteiger partial charge in [-0.25, -0.2) is 0 Å². The molecule has 1 aliphatic heterocycles. The fourth-order valence-electron chi connectivity index (χ4n) is 1.72. The predicted molar refractivity (Wildman–Crippen MR) is 68.3 cm³/mol. The molecule has 92 valence electrons. The average molecular weight is 214 g/mol. The van der Waals surface area contributed by atoms with Gasteiger partial charge in [-0.2, -0.15) is 0 Å². The van der Waals surface area contributed by atoms with Crippen molar-refractivity contribution in [3.05, 3.63) is 0 Å². The normalized spacial score (nSPS) is 15.6. The van der Waals surface area contributed by atoms with Crippen LogP contribution in [0.15, 0.2) is 0 Å². The van der Waals surface area contributed by atoms with Crippen LogP contribution in [0.2, 0.25) is 0 Å². The Balaban J connectivity index is 0.000000280. The summed E-state index contributed by atoms with van der Waals surface area (Å²) < 4.78 is 5.07. The summed E-state index contributed by atoms with van der Waals surface area (Å²) in [7, 11) is 0. The van der Waals surface area contributed by atoms with E-state index in [1.54, 1.807) is 0 Å². The fraction of sp³-hybridized carbons (Fsp3) is 1.00. The first-order chi connectivity index (χ1) is 7.41. The van der Waals surface area contributed by atoms with Crippen molar-refractivity contribution < 1.29 is 4.74 Å². The van der Waals surface area contributed by atoms with Crippen molar-refractivity contribution in [3.63, 3.8) is 0 Å². The van der Waals surface area contributed by atoms with Gasteiger partial charge in [0.05, 0.1) is 0 Å². The van der Waals surface area contributed by atoms with Gasteiger partial charge in [-0.3, -0.25) is 0 Å². The highest BCUT2D eigenvalue weighted by Crippen LogP contribution is 2.05. The molecule has 0 spiro atoms. The van der Waals surface area contributed by atoms with Crippen LogP contribution in [-0.4, -0.2) is 13.2 Å². The van der Waals surface area contributed by atoms with Crippen molar-refractivity contribution in [1.29, 1.82) is 0 Å². The molecule has 0 atom stereocenters. The number of unbranched alkanes of at least 4 members (excludes halogenated alkanes) is 6. The summed E-state index contributed by atoms with van der Waals surface area (Å²) in [6.45, 7) is 6.53. The van der Waals surface area contributed by atoms with E-state index in [-0.39, 0.29) is 0 Å². The SMILES string of the molecule is C1CCOCC1.CCCCCCCCC. The first-order valence-corrected chi connectivity index (χ1v) is 6.99. The molecule has 0 saturated carbocycles. The van der Waals surface area contributed by atoms with Crippen molar-refractivity contribution in [2.75, 3.05) is 13.2 Å². The zero-order valence-electron chi connectivity index (χ0n) is 10.9. The van der Waals surface area contributed by atoms with Crippen LogP contribution in [0.1, 0.15) is 78.1 Å². The summed E-state index contributed by atoms with van der Waals surface area (Å²) in [6.07, 6.45) is 13.9. The van der Waals surface area contributed by atoms with Crippen molar-refractivity contribution in [1.82, 2.24) is 0 Å². The summed E-state index contributed by atoms with van der Waals surface area (Å²) in [5.41, 5.74) is 0. The Morgan fingerprint density at radius 2 is 1.13 bits per heavy atom. The lowest BCUT2D eigenvalue weighted by atomic mass is 10.1. The molecule has 0 unspecified atom stereocenters. The minimum atomic E-state index is 1.00. The molecule has 1 saturated heterocycles. The minimum absolute atomic E-state index is 1.00.